The molecular formula is C26H28N4O3S. The smallest absolute Gasteiger partial charge is 0.253 e. The van der Waals surface area contributed by atoms with Crippen LogP contribution in [0.5, 0.6) is 5.75 Å². The Hall–Kier alpha value is -3.10. The fourth-order valence-corrected chi connectivity index (χ4v) is 5.26. The van der Waals surface area contributed by atoms with Crippen molar-refractivity contribution in [1.29, 1.82) is 0 Å². The van der Waals surface area contributed by atoms with Crippen molar-refractivity contribution in [2.75, 3.05) is 19.6 Å². The van der Waals surface area contributed by atoms with E-state index < -0.39 is 0 Å². The summed E-state index contributed by atoms with van der Waals surface area (Å²) >= 11 is 1.50. The highest BCUT2D eigenvalue weighted by atomic mass is 32.1. The number of rotatable bonds is 6. The number of Topliss-reactive ketones (excluding diaryl/α,β-unsaturated/α-hetero) is 1. The molecule has 2 aliphatic rings. The van der Waals surface area contributed by atoms with Gasteiger partial charge in [0.25, 0.3) is 5.91 Å². The Morgan fingerprint density at radius 3 is 2.76 bits per heavy atom. The standard InChI is InChI=1S/C26H28N4O3S/c1-2-9-30-10-7-26(8-11-30)13-23(31)21-12-18(4-6-24(21)33-26)22-5-3-19(14-28-22)25(32)29-16-20-15-27-17-34-20/h3-6,12,14-15,17H,2,7-11,13,16H2,1H3,(H,29,32). The molecular weight excluding hydrogens is 448 g/mol. The number of benzene rings is 1. The molecule has 1 aromatic carbocycles. The molecule has 7 nitrogen and oxygen atoms in total. The first-order valence-corrected chi connectivity index (χ1v) is 12.6. The summed E-state index contributed by atoms with van der Waals surface area (Å²) in [7, 11) is 0. The molecule has 5 rings (SSSR count). The number of amides is 1. The molecule has 176 valence electrons. The summed E-state index contributed by atoms with van der Waals surface area (Å²) in [6.07, 6.45) is 6.64. The largest absolute Gasteiger partial charge is 0.486 e. The molecule has 1 N–H and O–H groups in total. The van der Waals surface area contributed by atoms with E-state index >= 15 is 0 Å². The van der Waals surface area contributed by atoms with Crippen LogP contribution < -0.4 is 10.1 Å². The van der Waals surface area contributed by atoms with E-state index in [1.807, 2.05) is 24.3 Å². The summed E-state index contributed by atoms with van der Waals surface area (Å²) in [5.74, 6) is 0.617. The third-order valence-electron chi connectivity index (χ3n) is 6.62. The van der Waals surface area contributed by atoms with Gasteiger partial charge in [-0.3, -0.25) is 19.6 Å². The summed E-state index contributed by atoms with van der Waals surface area (Å²) in [4.78, 5) is 37.4. The number of thiazole rings is 1. The van der Waals surface area contributed by atoms with Crippen LogP contribution in [0.4, 0.5) is 0 Å². The molecule has 0 atom stereocenters. The molecule has 1 spiro atoms. The minimum Gasteiger partial charge on any atom is -0.486 e. The number of hydrogen-bond donors (Lipinski definition) is 1. The Balaban J connectivity index is 1.27. The van der Waals surface area contributed by atoms with E-state index in [0.29, 0.717) is 35.5 Å². The normalized spacial score (nSPS) is 17.3. The highest BCUT2D eigenvalue weighted by Gasteiger charge is 2.42. The van der Waals surface area contributed by atoms with Gasteiger partial charge in [-0.15, -0.1) is 11.3 Å². The number of carbonyl (C=O) groups excluding carboxylic acids is 2. The number of aromatic nitrogens is 2. The third kappa shape index (κ3) is 4.74. The zero-order chi connectivity index (χ0) is 23.5. The highest BCUT2D eigenvalue weighted by Crippen LogP contribution is 2.40. The highest BCUT2D eigenvalue weighted by molar-refractivity contribution is 7.09. The summed E-state index contributed by atoms with van der Waals surface area (Å²) in [5.41, 5.74) is 4.02. The van der Waals surface area contributed by atoms with Gasteiger partial charge in [0, 0.05) is 48.8 Å². The quantitative estimate of drug-likeness (QED) is 0.570. The molecule has 2 aliphatic heterocycles. The number of nitrogens with one attached hydrogen (secondary N) is 1. The fraction of sp³-hybridized carbons (Fsp3) is 0.385. The summed E-state index contributed by atoms with van der Waals surface area (Å²) in [6.45, 7) is 5.69. The van der Waals surface area contributed by atoms with Crippen LogP contribution in [-0.4, -0.2) is 51.8 Å². The van der Waals surface area contributed by atoms with Crippen LogP contribution in [0.3, 0.4) is 0 Å². The second-order valence-corrected chi connectivity index (χ2v) is 9.99. The number of fused-ring (bicyclic) bond motifs is 1. The fourth-order valence-electron chi connectivity index (χ4n) is 4.73. The lowest BCUT2D eigenvalue weighted by Gasteiger charge is -2.44. The van der Waals surface area contributed by atoms with Crippen molar-refractivity contribution >= 4 is 23.0 Å². The average molecular weight is 477 g/mol. The van der Waals surface area contributed by atoms with E-state index in [-0.39, 0.29) is 17.3 Å². The maximum Gasteiger partial charge on any atom is 0.253 e. The minimum atomic E-state index is -0.373. The lowest BCUT2D eigenvalue weighted by Crippen LogP contribution is -2.51. The van der Waals surface area contributed by atoms with Crippen LogP contribution in [0.25, 0.3) is 11.3 Å². The molecule has 1 saturated heterocycles. The van der Waals surface area contributed by atoms with Crippen molar-refractivity contribution in [2.24, 2.45) is 0 Å². The van der Waals surface area contributed by atoms with Gasteiger partial charge in [0.05, 0.1) is 35.3 Å². The number of nitrogens with zero attached hydrogens (tertiary/aromatic N) is 3. The number of ether oxygens (including phenoxy) is 1. The summed E-state index contributed by atoms with van der Waals surface area (Å²) < 4.78 is 6.43. The molecule has 1 fully saturated rings. The van der Waals surface area contributed by atoms with E-state index in [0.717, 1.165) is 49.3 Å². The number of piperidine rings is 1. The van der Waals surface area contributed by atoms with Crippen molar-refractivity contribution in [3.05, 3.63) is 64.2 Å². The zero-order valence-corrected chi connectivity index (χ0v) is 20.1. The van der Waals surface area contributed by atoms with Crippen LogP contribution in [0.15, 0.2) is 48.2 Å². The second kappa shape index (κ2) is 9.64. The SMILES string of the molecule is CCCN1CCC2(CC1)CC(=O)c1cc(-c3ccc(C(=O)NCc4cncs4)cn3)ccc1O2. The van der Waals surface area contributed by atoms with Gasteiger partial charge in [0.2, 0.25) is 0 Å². The van der Waals surface area contributed by atoms with Gasteiger partial charge in [-0.05, 0) is 43.3 Å². The predicted molar refractivity (Wildman–Crippen MR) is 131 cm³/mol. The Labute approximate surface area is 203 Å². The van der Waals surface area contributed by atoms with E-state index in [9.17, 15) is 9.59 Å². The van der Waals surface area contributed by atoms with Gasteiger partial charge in [-0.25, -0.2) is 0 Å². The Kier molecular flexibility index (Phi) is 6.43. The molecule has 34 heavy (non-hydrogen) atoms. The molecule has 2 aromatic heterocycles. The van der Waals surface area contributed by atoms with Gasteiger partial charge in [-0.1, -0.05) is 6.92 Å². The van der Waals surface area contributed by atoms with Gasteiger partial charge in [0.15, 0.2) is 5.78 Å². The number of hydrogen-bond acceptors (Lipinski definition) is 7. The summed E-state index contributed by atoms with van der Waals surface area (Å²) in [6, 6.07) is 9.24. The number of likely N-dealkylation sites (tertiary alicyclic amines) is 1. The third-order valence-corrected chi connectivity index (χ3v) is 7.40. The molecule has 0 unspecified atom stereocenters. The summed E-state index contributed by atoms with van der Waals surface area (Å²) in [5, 5.41) is 2.87. The first kappa shape index (κ1) is 22.7. The number of pyridine rings is 1. The van der Waals surface area contributed by atoms with Crippen molar-refractivity contribution < 1.29 is 14.3 Å². The van der Waals surface area contributed by atoms with E-state index in [1.54, 1.807) is 24.0 Å². The maximum atomic E-state index is 13.1. The van der Waals surface area contributed by atoms with Crippen molar-refractivity contribution in [1.82, 2.24) is 20.2 Å². The molecule has 0 saturated carbocycles. The van der Waals surface area contributed by atoms with E-state index in [4.69, 9.17) is 4.74 Å². The van der Waals surface area contributed by atoms with Crippen LogP contribution in [0.2, 0.25) is 0 Å². The topological polar surface area (TPSA) is 84.4 Å². The van der Waals surface area contributed by atoms with Gasteiger partial charge < -0.3 is 15.0 Å². The number of ketones is 1. The lowest BCUT2D eigenvalue weighted by molar-refractivity contribution is -0.00886. The monoisotopic (exact) mass is 476 g/mol. The van der Waals surface area contributed by atoms with Gasteiger partial charge >= 0.3 is 0 Å². The van der Waals surface area contributed by atoms with E-state index in [2.05, 4.69) is 27.1 Å². The van der Waals surface area contributed by atoms with Crippen LogP contribution in [-0.2, 0) is 6.54 Å². The maximum absolute atomic E-state index is 13.1. The first-order chi connectivity index (χ1) is 16.5. The van der Waals surface area contributed by atoms with E-state index in [1.165, 1.54) is 11.3 Å². The lowest BCUT2D eigenvalue weighted by atomic mass is 9.82. The van der Waals surface area contributed by atoms with Gasteiger partial charge in [-0.2, -0.15) is 0 Å². The first-order valence-electron chi connectivity index (χ1n) is 11.8. The van der Waals surface area contributed by atoms with Crippen LogP contribution >= 0.6 is 11.3 Å². The van der Waals surface area contributed by atoms with Crippen molar-refractivity contribution in [2.45, 2.75) is 44.8 Å². The minimum absolute atomic E-state index is 0.131. The van der Waals surface area contributed by atoms with Crippen LogP contribution in [0, 0.1) is 0 Å². The molecule has 0 aliphatic carbocycles. The van der Waals surface area contributed by atoms with Crippen LogP contribution in [0.1, 0.15) is 58.2 Å². The van der Waals surface area contributed by atoms with Crippen molar-refractivity contribution in [3.63, 3.8) is 0 Å². The van der Waals surface area contributed by atoms with Crippen molar-refractivity contribution in [3.8, 4) is 17.0 Å². The molecule has 0 bridgehead atoms. The number of carbonyl (C=O) groups is 2. The Bertz CT molecular complexity index is 1170. The molecule has 8 heteroatoms. The predicted octanol–water partition coefficient (Wildman–Crippen LogP) is 4.34. The molecule has 4 heterocycles. The Morgan fingerprint density at radius 1 is 1.21 bits per heavy atom. The zero-order valence-electron chi connectivity index (χ0n) is 19.3. The molecule has 1 amide bonds. The second-order valence-electron chi connectivity index (χ2n) is 9.02. The molecule has 0 radical (unpaired) electrons. The van der Waals surface area contributed by atoms with Gasteiger partial charge in [0.1, 0.15) is 11.4 Å². The average Bonchev–Trinajstić information content (AvgIpc) is 3.38. The Morgan fingerprint density at radius 2 is 2.06 bits per heavy atom. The molecule has 3 aromatic rings.